The minimum atomic E-state index is 0.00276. The monoisotopic (exact) mass is 463 g/mol. The van der Waals surface area contributed by atoms with Crippen LogP contribution in [0.2, 0.25) is 5.02 Å². The van der Waals surface area contributed by atoms with Gasteiger partial charge in [-0.3, -0.25) is 9.69 Å². The van der Waals surface area contributed by atoms with Gasteiger partial charge in [0.15, 0.2) is 0 Å². The fourth-order valence-corrected chi connectivity index (χ4v) is 4.86. The third-order valence-corrected chi connectivity index (χ3v) is 6.81. The summed E-state index contributed by atoms with van der Waals surface area (Å²) in [4.78, 5) is 22.0. The second-order valence-electron chi connectivity index (χ2n) is 7.70. The highest BCUT2D eigenvalue weighted by molar-refractivity contribution is 7.13. The molecule has 0 bridgehead atoms. The molecule has 162 valence electrons. The maximum atomic E-state index is 13.0. The Labute approximate surface area is 195 Å². The predicted octanol–water partition coefficient (Wildman–Crippen LogP) is 4.61. The van der Waals surface area contributed by atoms with Crippen molar-refractivity contribution in [2.24, 2.45) is 0 Å². The lowest BCUT2D eigenvalue weighted by molar-refractivity contribution is 0.0627. The van der Waals surface area contributed by atoms with E-state index in [0.29, 0.717) is 23.7 Å². The molecule has 1 aliphatic heterocycles. The van der Waals surface area contributed by atoms with Crippen molar-refractivity contribution >= 4 is 28.8 Å². The number of carbonyl (C=O) groups is 1. The first-order valence-corrected chi connectivity index (χ1v) is 11.7. The SMILES string of the molecule is O=C(c1cnn(-c2ccccc2Cl)c1)N1CCN(Cc2csc(-c3ccccc3)n2)CC1. The van der Waals surface area contributed by atoms with E-state index in [-0.39, 0.29) is 5.91 Å². The number of halogens is 1. The van der Waals surface area contributed by atoms with E-state index in [1.807, 2.05) is 47.4 Å². The van der Waals surface area contributed by atoms with Gasteiger partial charge in [0, 0.05) is 49.9 Å². The van der Waals surface area contributed by atoms with Crippen LogP contribution in [0.1, 0.15) is 16.1 Å². The fourth-order valence-electron chi connectivity index (χ4n) is 3.82. The Kier molecular flexibility index (Phi) is 6.03. The molecule has 1 fully saturated rings. The molecule has 0 aliphatic carbocycles. The average Bonchev–Trinajstić information content (AvgIpc) is 3.50. The normalized spacial score (nSPS) is 14.6. The van der Waals surface area contributed by atoms with Crippen LogP contribution < -0.4 is 0 Å². The first-order chi connectivity index (χ1) is 15.7. The highest BCUT2D eigenvalue weighted by atomic mass is 35.5. The van der Waals surface area contributed by atoms with Crippen molar-refractivity contribution in [3.05, 3.63) is 88.7 Å². The molecule has 32 heavy (non-hydrogen) atoms. The van der Waals surface area contributed by atoms with E-state index in [2.05, 4.69) is 27.5 Å². The summed E-state index contributed by atoms with van der Waals surface area (Å²) >= 11 is 7.92. The molecule has 1 aliphatic rings. The first kappa shape index (κ1) is 20.9. The maximum absolute atomic E-state index is 13.0. The number of amides is 1. The van der Waals surface area contributed by atoms with E-state index >= 15 is 0 Å². The Morgan fingerprint density at radius 3 is 2.53 bits per heavy atom. The Bertz CT molecular complexity index is 1210. The van der Waals surface area contributed by atoms with E-state index in [4.69, 9.17) is 16.6 Å². The van der Waals surface area contributed by atoms with Gasteiger partial charge in [0.25, 0.3) is 5.91 Å². The average molecular weight is 464 g/mol. The summed E-state index contributed by atoms with van der Waals surface area (Å²) in [7, 11) is 0. The number of para-hydroxylation sites is 1. The molecule has 0 saturated carbocycles. The third kappa shape index (κ3) is 4.46. The summed E-state index contributed by atoms with van der Waals surface area (Å²) in [5, 5.41) is 8.10. The lowest BCUT2D eigenvalue weighted by Crippen LogP contribution is -2.48. The van der Waals surface area contributed by atoms with Crippen molar-refractivity contribution in [1.82, 2.24) is 24.6 Å². The molecule has 0 unspecified atom stereocenters. The van der Waals surface area contributed by atoms with Gasteiger partial charge in [0.2, 0.25) is 0 Å². The lowest BCUT2D eigenvalue weighted by atomic mass is 10.2. The van der Waals surface area contributed by atoms with E-state index in [0.717, 1.165) is 41.6 Å². The fraction of sp³-hybridized carbons (Fsp3) is 0.208. The highest BCUT2D eigenvalue weighted by Gasteiger charge is 2.24. The molecule has 8 heteroatoms. The van der Waals surface area contributed by atoms with E-state index in [1.165, 1.54) is 0 Å². The Hall–Kier alpha value is -3.00. The third-order valence-electron chi connectivity index (χ3n) is 5.55. The predicted molar refractivity (Wildman–Crippen MR) is 127 cm³/mol. The molecule has 2 aromatic heterocycles. The van der Waals surface area contributed by atoms with Crippen molar-refractivity contribution in [2.75, 3.05) is 26.2 Å². The smallest absolute Gasteiger partial charge is 0.257 e. The Balaban J connectivity index is 1.18. The van der Waals surface area contributed by atoms with Crippen LogP contribution in [0.4, 0.5) is 0 Å². The minimum absolute atomic E-state index is 0.00276. The lowest BCUT2D eigenvalue weighted by Gasteiger charge is -2.34. The Morgan fingerprint density at radius 1 is 1.00 bits per heavy atom. The number of hydrogen-bond acceptors (Lipinski definition) is 5. The summed E-state index contributed by atoms with van der Waals surface area (Å²) < 4.78 is 1.65. The molecule has 0 spiro atoms. The zero-order valence-corrected chi connectivity index (χ0v) is 19.0. The maximum Gasteiger partial charge on any atom is 0.257 e. The standard InChI is InChI=1S/C24H22ClN5OS/c25-21-8-4-5-9-22(21)30-15-19(14-26-30)24(31)29-12-10-28(11-13-29)16-20-17-32-23(27-20)18-6-2-1-3-7-18/h1-9,14-15,17H,10-13,16H2. The van der Waals surface area contributed by atoms with Gasteiger partial charge in [-0.05, 0) is 12.1 Å². The molecular formula is C24H22ClN5OS. The van der Waals surface area contributed by atoms with Crippen LogP contribution >= 0.6 is 22.9 Å². The quantitative estimate of drug-likeness (QED) is 0.434. The van der Waals surface area contributed by atoms with E-state index in [9.17, 15) is 4.79 Å². The number of thiazole rings is 1. The number of aromatic nitrogens is 3. The van der Waals surface area contributed by atoms with Crippen LogP contribution in [0.25, 0.3) is 16.3 Å². The van der Waals surface area contributed by atoms with Crippen molar-refractivity contribution in [1.29, 1.82) is 0 Å². The van der Waals surface area contributed by atoms with Crippen LogP contribution in [0, 0.1) is 0 Å². The van der Waals surface area contributed by atoms with Gasteiger partial charge < -0.3 is 4.90 Å². The second-order valence-corrected chi connectivity index (χ2v) is 8.97. The topological polar surface area (TPSA) is 54.3 Å². The molecule has 3 heterocycles. The zero-order chi connectivity index (χ0) is 21.9. The van der Waals surface area contributed by atoms with Crippen molar-refractivity contribution in [3.63, 3.8) is 0 Å². The molecule has 5 rings (SSSR count). The largest absolute Gasteiger partial charge is 0.336 e. The van der Waals surface area contributed by atoms with Crippen LogP contribution in [0.3, 0.4) is 0 Å². The van der Waals surface area contributed by atoms with Gasteiger partial charge in [-0.15, -0.1) is 11.3 Å². The van der Waals surface area contributed by atoms with Gasteiger partial charge in [-0.1, -0.05) is 54.1 Å². The number of carbonyl (C=O) groups excluding carboxylic acids is 1. The van der Waals surface area contributed by atoms with Gasteiger partial charge in [0.1, 0.15) is 5.01 Å². The molecule has 0 radical (unpaired) electrons. The molecule has 2 aromatic carbocycles. The van der Waals surface area contributed by atoms with Crippen LogP contribution in [-0.2, 0) is 6.54 Å². The molecule has 0 atom stereocenters. The van der Waals surface area contributed by atoms with E-state index < -0.39 is 0 Å². The summed E-state index contributed by atoms with van der Waals surface area (Å²) in [6.07, 6.45) is 3.36. The number of hydrogen-bond donors (Lipinski definition) is 0. The number of nitrogens with zero attached hydrogens (tertiary/aromatic N) is 5. The van der Waals surface area contributed by atoms with Gasteiger partial charge in [0.05, 0.1) is 28.2 Å². The first-order valence-electron chi connectivity index (χ1n) is 10.5. The van der Waals surface area contributed by atoms with Crippen LogP contribution in [-0.4, -0.2) is 56.7 Å². The summed E-state index contributed by atoms with van der Waals surface area (Å²) in [5.41, 5.74) is 3.56. The van der Waals surface area contributed by atoms with Gasteiger partial charge in [-0.25, -0.2) is 9.67 Å². The van der Waals surface area contributed by atoms with Crippen LogP contribution in [0.5, 0.6) is 0 Å². The number of benzene rings is 2. The molecular weight excluding hydrogens is 442 g/mol. The molecule has 0 N–H and O–H groups in total. The molecule has 6 nitrogen and oxygen atoms in total. The Morgan fingerprint density at radius 2 is 1.75 bits per heavy atom. The zero-order valence-electron chi connectivity index (χ0n) is 17.4. The van der Waals surface area contributed by atoms with Gasteiger partial charge >= 0.3 is 0 Å². The number of rotatable bonds is 5. The summed E-state index contributed by atoms with van der Waals surface area (Å²) in [6, 6.07) is 17.7. The second kappa shape index (κ2) is 9.24. The highest BCUT2D eigenvalue weighted by Crippen LogP contribution is 2.24. The number of piperazine rings is 1. The van der Waals surface area contributed by atoms with E-state index in [1.54, 1.807) is 28.4 Å². The van der Waals surface area contributed by atoms with Gasteiger partial charge in [-0.2, -0.15) is 5.10 Å². The van der Waals surface area contributed by atoms with Crippen molar-refractivity contribution in [2.45, 2.75) is 6.54 Å². The molecule has 4 aromatic rings. The summed E-state index contributed by atoms with van der Waals surface area (Å²) in [5.74, 6) is 0.00276. The van der Waals surface area contributed by atoms with Crippen molar-refractivity contribution in [3.8, 4) is 16.3 Å². The molecule has 1 saturated heterocycles. The van der Waals surface area contributed by atoms with Crippen LogP contribution in [0.15, 0.2) is 72.4 Å². The molecule has 1 amide bonds. The van der Waals surface area contributed by atoms with Crippen molar-refractivity contribution < 1.29 is 4.79 Å². The minimum Gasteiger partial charge on any atom is -0.336 e. The summed E-state index contributed by atoms with van der Waals surface area (Å²) in [6.45, 7) is 3.82.